The first-order chi connectivity index (χ1) is 11.8. The van der Waals surface area contributed by atoms with Crippen molar-refractivity contribution in [3.63, 3.8) is 0 Å². The quantitative estimate of drug-likeness (QED) is 0.697. The van der Waals surface area contributed by atoms with Crippen molar-refractivity contribution >= 4 is 22.5 Å². The van der Waals surface area contributed by atoms with Gasteiger partial charge in [-0.3, -0.25) is 14.9 Å². The van der Waals surface area contributed by atoms with Gasteiger partial charge in [0.1, 0.15) is 0 Å². The Morgan fingerprint density at radius 2 is 1.96 bits per heavy atom. The minimum absolute atomic E-state index is 0.0643. The third-order valence-electron chi connectivity index (χ3n) is 5.42. The molecule has 2 heterocycles. The fourth-order valence-corrected chi connectivity index (χ4v) is 3.90. The Kier molecular flexibility index (Phi) is 3.76. The summed E-state index contributed by atoms with van der Waals surface area (Å²) >= 11 is 5.96. The van der Waals surface area contributed by atoms with Gasteiger partial charge < -0.3 is 0 Å². The van der Waals surface area contributed by atoms with E-state index in [1.807, 2.05) is 12.1 Å². The largest absolute Gasteiger partial charge is 0.290 e. The molecule has 4 rings (SSSR count). The molecular formula is C20H22ClN3O. The zero-order chi connectivity index (χ0) is 17.8. The van der Waals surface area contributed by atoms with E-state index in [9.17, 15) is 4.79 Å². The second-order valence-electron chi connectivity index (χ2n) is 8.01. The number of H-pyrrole nitrogens is 1. The number of hydrogen-bond donors (Lipinski definition) is 1. The molecule has 0 saturated heterocycles. The first-order valence-electron chi connectivity index (χ1n) is 8.72. The summed E-state index contributed by atoms with van der Waals surface area (Å²) in [6.07, 6.45) is 4.80. The van der Waals surface area contributed by atoms with E-state index in [4.69, 9.17) is 11.6 Å². The normalized spacial score (nSPS) is 17.7. The van der Waals surface area contributed by atoms with Crippen LogP contribution in [0, 0.1) is 11.3 Å². The van der Waals surface area contributed by atoms with Gasteiger partial charge in [-0.1, -0.05) is 32.4 Å². The van der Waals surface area contributed by atoms with Crippen molar-refractivity contribution in [1.29, 1.82) is 0 Å². The fourth-order valence-electron chi connectivity index (χ4n) is 3.77. The Bertz CT molecular complexity index is 993. The van der Waals surface area contributed by atoms with E-state index < -0.39 is 0 Å². The summed E-state index contributed by atoms with van der Waals surface area (Å²) in [6.45, 7) is 6.87. The Balaban J connectivity index is 1.87. The van der Waals surface area contributed by atoms with Gasteiger partial charge in [0.05, 0.1) is 16.6 Å². The van der Waals surface area contributed by atoms with Crippen LogP contribution in [-0.2, 0) is 12.8 Å². The van der Waals surface area contributed by atoms with Crippen molar-refractivity contribution in [3.05, 3.63) is 57.1 Å². The molecule has 1 aliphatic carbocycles. The molecule has 2 aromatic heterocycles. The van der Waals surface area contributed by atoms with E-state index in [0.29, 0.717) is 16.3 Å². The van der Waals surface area contributed by atoms with Crippen LogP contribution in [0.5, 0.6) is 0 Å². The lowest BCUT2D eigenvalue weighted by Gasteiger charge is -2.34. The van der Waals surface area contributed by atoms with Crippen molar-refractivity contribution in [1.82, 2.24) is 14.8 Å². The maximum atomic E-state index is 12.8. The molecular weight excluding hydrogens is 334 g/mol. The average molecular weight is 356 g/mol. The number of halogens is 1. The number of nitrogens with zero attached hydrogens (tertiary/aromatic N) is 2. The lowest BCUT2D eigenvalue weighted by Crippen LogP contribution is -2.27. The fraction of sp³-hybridized carbons (Fsp3) is 0.400. The summed E-state index contributed by atoms with van der Waals surface area (Å²) in [5.74, 6) is 0.592. The number of nitrogens with one attached hydrogen (secondary N) is 1. The zero-order valence-corrected chi connectivity index (χ0v) is 15.5. The van der Waals surface area contributed by atoms with Crippen LogP contribution in [0.4, 0.5) is 0 Å². The second kappa shape index (κ2) is 5.73. The third-order valence-corrected chi connectivity index (χ3v) is 5.67. The molecule has 0 bridgehead atoms. The van der Waals surface area contributed by atoms with Gasteiger partial charge in [-0.15, -0.1) is 0 Å². The summed E-state index contributed by atoms with van der Waals surface area (Å²) in [5.41, 5.74) is 4.22. The van der Waals surface area contributed by atoms with E-state index in [-0.39, 0.29) is 11.0 Å². The SMILES string of the molecule is CC(C)(C)C1CCc2ncc3c(=O)n(-c4ccc(Cl)cc4)[nH]c3c2C1. The maximum Gasteiger partial charge on any atom is 0.280 e. The minimum atomic E-state index is -0.0643. The highest BCUT2D eigenvalue weighted by atomic mass is 35.5. The Hall–Kier alpha value is -2.07. The van der Waals surface area contributed by atoms with Crippen molar-refractivity contribution in [3.8, 4) is 5.69 Å². The van der Waals surface area contributed by atoms with Gasteiger partial charge in [-0.05, 0) is 60.4 Å². The van der Waals surface area contributed by atoms with Crippen LogP contribution in [0.3, 0.4) is 0 Å². The van der Waals surface area contributed by atoms with Crippen LogP contribution < -0.4 is 5.56 Å². The molecule has 3 aromatic rings. The summed E-state index contributed by atoms with van der Waals surface area (Å²) in [6, 6.07) is 7.27. The average Bonchev–Trinajstić information content (AvgIpc) is 2.92. The molecule has 0 aliphatic heterocycles. The minimum Gasteiger partial charge on any atom is -0.290 e. The molecule has 4 nitrogen and oxygen atoms in total. The molecule has 1 aromatic carbocycles. The summed E-state index contributed by atoms with van der Waals surface area (Å²) in [7, 11) is 0. The van der Waals surface area contributed by atoms with Crippen LogP contribution in [0.2, 0.25) is 5.02 Å². The molecule has 25 heavy (non-hydrogen) atoms. The molecule has 0 amide bonds. The van der Waals surface area contributed by atoms with Gasteiger partial charge >= 0.3 is 0 Å². The molecule has 130 valence electrons. The van der Waals surface area contributed by atoms with E-state index in [0.717, 1.165) is 36.2 Å². The van der Waals surface area contributed by atoms with Crippen LogP contribution in [0.25, 0.3) is 16.6 Å². The number of fused-ring (bicyclic) bond motifs is 3. The number of hydrogen-bond acceptors (Lipinski definition) is 2. The highest BCUT2D eigenvalue weighted by Crippen LogP contribution is 2.38. The molecule has 0 saturated carbocycles. The molecule has 0 fully saturated rings. The van der Waals surface area contributed by atoms with E-state index in [2.05, 4.69) is 30.9 Å². The number of aromatic amines is 1. The number of benzene rings is 1. The maximum absolute atomic E-state index is 12.8. The predicted octanol–water partition coefficient (Wildman–Crippen LogP) is 4.52. The third kappa shape index (κ3) is 2.78. The highest BCUT2D eigenvalue weighted by Gasteiger charge is 2.31. The first kappa shape index (κ1) is 16.4. The van der Waals surface area contributed by atoms with Gasteiger partial charge in [0.25, 0.3) is 5.56 Å². The molecule has 1 aliphatic rings. The van der Waals surface area contributed by atoms with Crippen molar-refractivity contribution < 1.29 is 0 Å². The standard InChI is InChI=1S/C20H22ClN3O/c1-20(2,3)12-4-9-17-15(10-12)18-16(11-22-17)19(25)24(23-18)14-7-5-13(21)6-8-14/h5-8,11-12,23H,4,9-10H2,1-3H3. The predicted molar refractivity (Wildman–Crippen MR) is 102 cm³/mol. The van der Waals surface area contributed by atoms with Gasteiger partial charge in [0.15, 0.2) is 0 Å². The van der Waals surface area contributed by atoms with Crippen LogP contribution in [0.15, 0.2) is 35.3 Å². The van der Waals surface area contributed by atoms with Gasteiger partial charge in [-0.25, -0.2) is 4.68 Å². The first-order valence-corrected chi connectivity index (χ1v) is 9.10. The molecule has 1 N–H and O–H groups in total. The molecule has 5 heteroatoms. The van der Waals surface area contributed by atoms with Gasteiger partial charge in [-0.2, -0.15) is 0 Å². The van der Waals surface area contributed by atoms with Crippen LogP contribution >= 0.6 is 11.6 Å². The molecule has 1 atom stereocenters. The summed E-state index contributed by atoms with van der Waals surface area (Å²) < 4.78 is 1.59. The van der Waals surface area contributed by atoms with E-state index in [1.54, 1.807) is 23.0 Å². The Morgan fingerprint density at radius 1 is 1.24 bits per heavy atom. The van der Waals surface area contributed by atoms with Gasteiger partial charge in [0.2, 0.25) is 0 Å². The topological polar surface area (TPSA) is 50.7 Å². The lowest BCUT2D eigenvalue weighted by atomic mass is 9.71. The van der Waals surface area contributed by atoms with E-state index >= 15 is 0 Å². The molecule has 0 radical (unpaired) electrons. The van der Waals surface area contributed by atoms with Crippen molar-refractivity contribution in [2.75, 3.05) is 0 Å². The Labute approximate surface area is 151 Å². The lowest BCUT2D eigenvalue weighted by molar-refractivity contribution is 0.215. The van der Waals surface area contributed by atoms with E-state index in [1.165, 1.54) is 5.56 Å². The van der Waals surface area contributed by atoms with Gasteiger partial charge in [0, 0.05) is 16.9 Å². The molecule has 0 spiro atoms. The summed E-state index contributed by atoms with van der Waals surface area (Å²) in [5, 5.41) is 4.63. The zero-order valence-electron chi connectivity index (χ0n) is 14.8. The summed E-state index contributed by atoms with van der Waals surface area (Å²) in [4.78, 5) is 17.4. The van der Waals surface area contributed by atoms with Crippen LogP contribution in [-0.4, -0.2) is 14.8 Å². The monoisotopic (exact) mass is 355 g/mol. The van der Waals surface area contributed by atoms with Crippen molar-refractivity contribution in [2.45, 2.75) is 40.0 Å². The number of aryl methyl sites for hydroxylation is 1. The van der Waals surface area contributed by atoms with Crippen molar-refractivity contribution in [2.24, 2.45) is 11.3 Å². The number of rotatable bonds is 1. The second-order valence-corrected chi connectivity index (χ2v) is 8.44. The smallest absolute Gasteiger partial charge is 0.280 e. The number of aromatic nitrogens is 3. The number of pyridine rings is 1. The van der Waals surface area contributed by atoms with Crippen LogP contribution in [0.1, 0.15) is 38.4 Å². The Morgan fingerprint density at radius 3 is 2.64 bits per heavy atom. The molecule has 1 unspecified atom stereocenters. The highest BCUT2D eigenvalue weighted by molar-refractivity contribution is 6.30.